The number of anilines is 1. The average Bonchev–Trinajstić information content (AvgIpc) is 3.26. The normalized spacial score (nSPS) is 13.7. The van der Waals surface area contributed by atoms with Crippen LogP contribution in [0, 0.1) is 6.92 Å². The highest BCUT2D eigenvalue weighted by atomic mass is 32.2. The van der Waals surface area contributed by atoms with Crippen LogP contribution in [-0.2, 0) is 11.3 Å². The monoisotopic (exact) mass is 399 g/mol. The Morgan fingerprint density at radius 3 is 2.78 bits per heavy atom. The number of aryl methyl sites for hydroxylation is 1. The quantitative estimate of drug-likeness (QED) is 0.599. The van der Waals surface area contributed by atoms with Gasteiger partial charge in [-0.25, -0.2) is 4.98 Å². The van der Waals surface area contributed by atoms with Gasteiger partial charge in [-0.15, -0.1) is 21.5 Å². The van der Waals surface area contributed by atoms with Crippen molar-refractivity contribution in [2.75, 3.05) is 11.1 Å². The minimum Gasteiger partial charge on any atom is -0.306 e. The zero-order chi connectivity index (χ0) is 18.8. The fourth-order valence-corrected chi connectivity index (χ4v) is 4.37. The van der Waals surface area contributed by atoms with Crippen molar-refractivity contribution in [2.24, 2.45) is 0 Å². The molecule has 140 valence electrons. The van der Waals surface area contributed by atoms with Crippen molar-refractivity contribution in [1.29, 1.82) is 0 Å². The van der Waals surface area contributed by atoms with Crippen molar-refractivity contribution >= 4 is 34.1 Å². The number of hydrogen-bond acceptors (Lipinski definition) is 6. The molecule has 4 rings (SSSR count). The third-order valence-electron chi connectivity index (χ3n) is 4.43. The van der Waals surface area contributed by atoms with E-state index < -0.39 is 0 Å². The van der Waals surface area contributed by atoms with Crippen LogP contribution in [-0.4, -0.2) is 31.4 Å². The molecule has 1 aliphatic rings. The first kappa shape index (κ1) is 18.2. The van der Waals surface area contributed by atoms with E-state index in [2.05, 4.69) is 51.0 Å². The summed E-state index contributed by atoms with van der Waals surface area (Å²) in [4.78, 5) is 16.8. The van der Waals surface area contributed by atoms with Gasteiger partial charge < -0.3 is 9.88 Å². The lowest BCUT2D eigenvalue weighted by Gasteiger charge is -2.06. The molecule has 1 saturated carbocycles. The fraction of sp³-hybridized carbons (Fsp3) is 0.368. The fourth-order valence-electron chi connectivity index (χ4n) is 2.82. The summed E-state index contributed by atoms with van der Waals surface area (Å²) in [6, 6.07) is 8.20. The second kappa shape index (κ2) is 7.82. The molecule has 8 heteroatoms. The lowest BCUT2D eigenvalue weighted by molar-refractivity contribution is -0.113. The van der Waals surface area contributed by atoms with E-state index >= 15 is 0 Å². The first-order valence-corrected chi connectivity index (χ1v) is 10.9. The highest BCUT2D eigenvalue weighted by Crippen LogP contribution is 2.40. The van der Waals surface area contributed by atoms with Gasteiger partial charge in [0.05, 0.1) is 11.4 Å². The van der Waals surface area contributed by atoms with Crippen molar-refractivity contribution < 1.29 is 4.79 Å². The van der Waals surface area contributed by atoms with E-state index in [1.807, 2.05) is 17.5 Å². The smallest absolute Gasteiger partial charge is 0.236 e. The number of aromatic nitrogens is 4. The maximum absolute atomic E-state index is 12.3. The van der Waals surface area contributed by atoms with Gasteiger partial charge in [0.2, 0.25) is 5.91 Å². The van der Waals surface area contributed by atoms with Crippen molar-refractivity contribution in [3.05, 3.63) is 41.0 Å². The number of benzene rings is 1. The second-order valence-electron chi connectivity index (χ2n) is 6.60. The molecule has 0 unspecified atom stereocenters. The summed E-state index contributed by atoms with van der Waals surface area (Å²) in [5.74, 6) is 1.82. The summed E-state index contributed by atoms with van der Waals surface area (Å²) >= 11 is 2.86. The van der Waals surface area contributed by atoms with Crippen LogP contribution in [0.25, 0.3) is 11.3 Å². The maximum Gasteiger partial charge on any atom is 0.236 e. The van der Waals surface area contributed by atoms with E-state index in [1.54, 1.807) is 0 Å². The predicted octanol–water partition coefficient (Wildman–Crippen LogP) is 4.34. The molecule has 1 amide bonds. The van der Waals surface area contributed by atoms with Gasteiger partial charge in [0, 0.05) is 23.4 Å². The zero-order valence-electron chi connectivity index (χ0n) is 15.3. The Balaban J connectivity index is 1.35. The number of amides is 1. The minimum absolute atomic E-state index is 0.0802. The molecule has 1 N–H and O–H groups in total. The highest BCUT2D eigenvalue weighted by molar-refractivity contribution is 7.99. The molecule has 27 heavy (non-hydrogen) atoms. The molecule has 2 heterocycles. The summed E-state index contributed by atoms with van der Waals surface area (Å²) < 4.78 is 2.12. The van der Waals surface area contributed by atoms with E-state index in [1.165, 1.54) is 41.5 Å². The molecule has 1 aliphatic carbocycles. The van der Waals surface area contributed by atoms with Crippen molar-refractivity contribution in [1.82, 2.24) is 19.7 Å². The summed E-state index contributed by atoms with van der Waals surface area (Å²) in [7, 11) is 0. The van der Waals surface area contributed by atoms with Gasteiger partial charge in [-0.2, -0.15) is 0 Å². The minimum atomic E-state index is -0.0802. The number of carbonyl (C=O) groups is 1. The Morgan fingerprint density at radius 1 is 1.30 bits per heavy atom. The molecular formula is C19H21N5OS2. The lowest BCUT2D eigenvalue weighted by atomic mass is 10.1. The molecular weight excluding hydrogens is 378 g/mol. The Morgan fingerprint density at radius 2 is 2.07 bits per heavy atom. The maximum atomic E-state index is 12.3. The summed E-state index contributed by atoms with van der Waals surface area (Å²) in [6.07, 6.45) is 2.38. The van der Waals surface area contributed by atoms with E-state index in [-0.39, 0.29) is 5.91 Å². The van der Waals surface area contributed by atoms with E-state index in [0.29, 0.717) is 16.8 Å². The van der Waals surface area contributed by atoms with Crippen molar-refractivity contribution in [3.63, 3.8) is 0 Å². The Kier molecular flexibility index (Phi) is 5.27. The molecule has 0 aliphatic heterocycles. The molecule has 0 spiro atoms. The Hall–Kier alpha value is -2.19. The van der Waals surface area contributed by atoms with E-state index in [9.17, 15) is 4.79 Å². The van der Waals surface area contributed by atoms with E-state index in [0.717, 1.165) is 28.8 Å². The van der Waals surface area contributed by atoms with Crippen LogP contribution >= 0.6 is 23.1 Å². The van der Waals surface area contributed by atoms with Crippen LogP contribution in [0.2, 0.25) is 0 Å². The van der Waals surface area contributed by atoms with Crippen LogP contribution in [0.3, 0.4) is 0 Å². The number of hydrogen-bond donors (Lipinski definition) is 1. The number of thioether (sulfide) groups is 1. The van der Waals surface area contributed by atoms with Gasteiger partial charge in [0.1, 0.15) is 5.82 Å². The van der Waals surface area contributed by atoms with Crippen molar-refractivity contribution in [3.8, 4) is 11.3 Å². The molecule has 1 fully saturated rings. The Labute approximate surface area is 166 Å². The second-order valence-corrected chi connectivity index (χ2v) is 8.40. The first-order chi connectivity index (χ1) is 13.1. The molecule has 0 saturated heterocycles. The van der Waals surface area contributed by atoms with Gasteiger partial charge in [-0.05, 0) is 26.7 Å². The number of carbonyl (C=O) groups excluding carboxylic acids is 1. The molecule has 0 bridgehead atoms. The standard InChI is InChI=1S/C19H21N5OS2/c1-3-24-17(14-8-9-14)22-23-19(24)27-11-16(25)21-18-20-15(10-26-18)13-6-4-12(2)5-7-13/h4-7,10,14H,3,8-9,11H2,1-2H3,(H,20,21,25). The van der Waals surface area contributed by atoms with E-state index in [4.69, 9.17) is 0 Å². The molecule has 6 nitrogen and oxygen atoms in total. The zero-order valence-corrected chi connectivity index (χ0v) is 16.9. The van der Waals surface area contributed by atoms with Crippen LogP contribution in [0.15, 0.2) is 34.8 Å². The average molecular weight is 400 g/mol. The summed E-state index contributed by atoms with van der Waals surface area (Å²) in [5.41, 5.74) is 3.14. The summed E-state index contributed by atoms with van der Waals surface area (Å²) in [6.45, 7) is 4.97. The SMILES string of the molecule is CCn1c(SCC(=O)Nc2nc(-c3ccc(C)cc3)cs2)nnc1C1CC1. The molecule has 0 radical (unpaired) electrons. The van der Waals surface area contributed by atoms with Crippen LogP contribution in [0.1, 0.15) is 37.1 Å². The van der Waals surface area contributed by atoms with Crippen LogP contribution in [0.5, 0.6) is 0 Å². The molecule has 3 aromatic rings. The van der Waals surface area contributed by atoms with Crippen LogP contribution in [0.4, 0.5) is 5.13 Å². The third kappa shape index (κ3) is 4.22. The number of thiazole rings is 1. The molecule has 2 aromatic heterocycles. The van der Waals surface area contributed by atoms with Gasteiger partial charge in [0.25, 0.3) is 0 Å². The van der Waals surface area contributed by atoms with Gasteiger partial charge in [-0.3, -0.25) is 4.79 Å². The number of rotatable bonds is 7. The number of nitrogens with one attached hydrogen (secondary N) is 1. The molecule has 1 aromatic carbocycles. The summed E-state index contributed by atoms with van der Waals surface area (Å²) in [5, 5.41) is 14.8. The number of nitrogens with zero attached hydrogens (tertiary/aromatic N) is 4. The predicted molar refractivity (Wildman–Crippen MR) is 109 cm³/mol. The van der Waals surface area contributed by atoms with Crippen LogP contribution < -0.4 is 5.32 Å². The van der Waals surface area contributed by atoms with Gasteiger partial charge in [-0.1, -0.05) is 41.6 Å². The highest BCUT2D eigenvalue weighted by Gasteiger charge is 2.30. The lowest BCUT2D eigenvalue weighted by Crippen LogP contribution is -2.14. The van der Waals surface area contributed by atoms with Gasteiger partial charge >= 0.3 is 0 Å². The third-order valence-corrected chi connectivity index (χ3v) is 6.16. The van der Waals surface area contributed by atoms with Crippen molar-refractivity contribution in [2.45, 2.75) is 44.3 Å². The topological polar surface area (TPSA) is 72.7 Å². The molecule has 0 atom stereocenters. The Bertz CT molecular complexity index is 943. The van der Waals surface area contributed by atoms with Gasteiger partial charge in [0.15, 0.2) is 10.3 Å². The first-order valence-electron chi connectivity index (χ1n) is 9.02. The largest absolute Gasteiger partial charge is 0.306 e.